The Balaban J connectivity index is 1.61. The number of benzene rings is 3. The van der Waals surface area contributed by atoms with E-state index in [-0.39, 0.29) is 22.9 Å². The minimum atomic E-state index is -1.04. The molecule has 0 amide bonds. The Bertz CT molecular complexity index is 1540. The van der Waals surface area contributed by atoms with Gasteiger partial charge >= 0.3 is 11.7 Å². The van der Waals surface area contributed by atoms with Crippen LogP contribution in [0.1, 0.15) is 21.5 Å². The fourth-order valence-electron chi connectivity index (χ4n) is 3.29. The van der Waals surface area contributed by atoms with Crippen LogP contribution in [0, 0.1) is 0 Å². The third kappa shape index (κ3) is 4.69. The molecule has 2 N–H and O–H groups in total. The van der Waals surface area contributed by atoms with E-state index in [1.54, 1.807) is 42.5 Å². The highest BCUT2D eigenvalue weighted by Crippen LogP contribution is 2.36. The van der Waals surface area contributed by atoms with Gasteiger partial charge in [0.05, 0.1) is 34.8 Å². The fraction of sp³-hybridized carbons (Fsp3) is 0.0833. The van der Waals surface area contributed by atoms with E-state index in [2.05, 4.69) is 10.1 Å². The molecule has 172 valence electrons. The highest BCUT2D eigenvalue weighted by Gasteiger charge is 2.13. The summed E-state index contributed by atoms with van der Waals surface area (Å²) >= 11 is 6.39. The summed E-state index contributed by atoms with van der Waals surface area (Å²) in [6.45, 7) is 0.0620. The zero-order chi connectivity index (χ0) is 24.2. The molecular formula is C24H18ClN3O6. The first-order valence-corrected chi connectivity index (χ1v) is 10.4. The topological polar surface area (TPSA) is 123 Å². The van der Waals surface area contributed by atoms with E-state index >= 15 is 0 Å². The largest absolute Gasteiger partial charge is 0.493 e. The van der Waals surface area contributed by atoms with Crippen molar-refractivity contribution >= 4 is 34.7 Å². The van der Waals surface area contributed by atoms with Crippen LogP contribution in [0.25, 0.3) is 10.9 Å². The average molecular weight is 480 g/mol. The normalized spacial score (nSPS) is 11.1. The molecule has 34 heavy (non-hydrogen) atoms. The van der Waals surface area contributed by atoms with Gasteiger partial charge in [-0.3, -0.25) is 4.79 Å². The molecule has 1 aromatic heterocycles. The molecular weight excluding hydrogens is 462 g/mol. The molecule has 9 nitrogen and oxygen atoms in total. The molecule has 0 fully saturated rings. The molecule has 0 atom stereocenters. The van der Waals surface area contributed by atoms with Crippen molar-refractivity contribution in [1.29, 1.82) is 0 Å². The number of ether oxygens (including phenoxy) is 2. The van der Waals surface area contributed by atoms with Crippen molar-refractivity contribution in [3.63, 3.8) is 0 Å². The summed E-state index contributed by atoms with van der Waals surface area (Å²) < 4.78 is 11.9. The molecule has 3 aromatic carbocycles. The van der Waals surface area contributed by atoms with E-state index in [0.29, 0.717) is 27.8 Å². The first-order valence-electron chi connectivity index (χ1n) is 9.98. The zero-order valence-electron chi connectivity index (χ0n) is 17.8. The SMILES string of the molecule is COc1cc(C=Nn2c(=O)[nH]c3ccccc3c2=O)cc(Cl)c1OCc1cccc(C(=O)O)c1. The summed E-state index contributed by atoms with van der Waals surface area (Å²) in [5.41, 5.74) is 0.424. The number of carbonyl (C=O) groups is 1. The van der Waals surface area contributed by atoms with Crippen molar-refractivity contribution in [3.05, 3.63) is 103 Å². The lowest BCUT2D eigenvalue weighted by molar-refractivity contribution is 0.0696. The lowest BCUT2D eigenvalue weighted by atomic mass is 10.1. The summed E-state index contributed by atoms with van der Waals surface area (Å²) in [5, 5.41) is 13.7. The number of methoxy groups -OCH3 is 1. The van der Waals surface area contributed by atoms with Crippen LogP contribution in [-0.2, 0) is 6.61 Å². The second kappa shape index (κ2) is 9.63. The van der Waals surface area contributed by atoms with E-state index in [1.165, 1.54) is 31.5 Å². The van der Waals surface area contributed by atoms with E-state index in [0.717, 1.165) is 4.68 Å². The number of aromatic carboxylic acids is 1. The number of carboxylic acids is 1. The first kappa shape index (κ1) is 22.8. The van der Waals surface area contributed by atoms with Crippen LogP contribution >= 0.6 is 11.6 Å². The first-order chi connectivity index (χ1) is 16.4. The highest BCUT2D eigenvalue weighted by molar-refractivity contribution is 6.32. The predicted octanol–water partition coefficient (Wildman–Crippen LogP) is 3.51. The number of hydrogen-bond acceptors (Lipinski definition) is 6. The number of para-hydroxylation sites is 1. The Labute approximate surface area is 197 Å². The van der Waals surface area contributed by atoms with Gasteiger partial charge in [-0.05, 0) is 47.5 Å². The Kier molecular flexibility index (Phi) is 6.46. The van der Waals surface area contributed by atoms with Crippen molar-refractivity contribution in [2.75, 3.05) is 7.11 Å². The Morgan fingerprint density at radius 1 is 1.15 bits per heavy atom. The van der Waals surface area contributed by atoms with Gasteiger partial charge in [0, 0.05) is 0 Å². The lowest BCUT2D eigenvalue weighted by Gasteiger charge is -2.13. The lowest BCUT2D eigenvalue weighted by Crippen LogP contribution is -2.32. The number of fused-ring (bicyclic) bond motifs is 1. The van der Waals surface area contributed by atoms with Crippen LogP contribution in [-0.4, -0.2) is 34.1 Å². The second-order valence-electron chi connectivity index (χ2n) is 7.17. The standard InChI is InChI=1S/C24H18ClN3O6/c1-33-20-11-15(12-26-28-22(29)17-7-2-3-8-19(17)27-24(28)32)10-18(25)21(20)34-13-14-5-4-6-16(9-14)23(30)31/h2-12H,13H2,1H3,(H,27,32)(H,30,31). The molecule has 0 saturated carbocycles. The Hall–Kier alpha value is -4.37. The van der Waals surface area contributed by atoms with Crippen LogP contribution in [0.15, 0.2) is 75.4 Å². The number of nitrogens with zero attached hydrogens (tertiary/aromatic N) is 2. The summed E-state index contributed by atoms with van der Waals surface area (Å²) in [4.78, 5) is 38.7. The number of aromatic nitrogens is 2. The third-order valence-electron chi connectivity index (χ3n) is 4.91. The molecule has 0 aliphatic heterocycles. The van der Waals surface area contributed by atoms with Crippen molar-refractivity contribution in [1.82, 2.24) is 9.66 Å². The van der Waals surface area contributed by atoms with E-state index < -0.39 is 17.2 Å². The summed E-state index contributed by atoms with van der Waals surface area (Å²) in [7, 11) is 1.43. The zero-order valence-corrected chi connectivity index (χ0v) is 18.6. The maximum Gasteiger partial charge on any atom is 0.349 e. The van der Waals surface area contributed by atoms with Gasteiger partial charge in [0.2, 0.25) is 0 Å². The number of carboxylic acid groups (broad SMARTS) is 1. The molecule has 0 radical (unpaired) electrons. The van der Waals surface area contributed by atoms with Crippen molar-refractivity contribution < 1.29 is 19.4 Å². The number of hydrogen-bond donors (Lipinski definition) is 2. The monoisotopic (exact) mass is 479 g/mol. The summed E-state index contributed by atoms with van der Waals surface area (Å²) in [6, 6.07) is 16.1. The van der Waals surface area contributed by atoms with Crippen LogP contribution in [0.4, 0.5) is 0 Å². The van der Waals surface area contributed by atoms with Crippen molar-refractivity contribution in [2.24, 2.45) is 5.10 Å². The molecule has 0 aliphatic carbocycles. The quantitative estimate of drug-likeness (QED) is 0.391. The van der Waals surface area contributed by atoms with Gasteiger partial charge in [0.25, 0.3) is 5.56 Å². The number of nitrogens with one attached hydrogen (secondary N) is 1. The van der Waals surface area contributed by atoms with Gasteiger partial charge in [-0.25, -0.2) is 9.59 Å². The predicted molar refractivity (Wildman–Crippen MR) is 128 cm³/mol. The fourth-order valence-corrected chi connectivity index (χ4v) is 3.56. The van der Waals surface area contributed by atoms with Crippen molar-refractivity contribution in [2.45, 2.75) is 6.61 Å². The third-order valence-corrected chi connectivity index (χ3v) is 5.20. The molecule has 0 unspecified atom stereocenters. The van der Waals surface area contributed by atoms with Crippen LogP contribution < -0.4 is 20.7 Å². The van der Waals surface area contributed by atoms with Gasteiger partial charge in [-0.2, -0.15) is 5.10 Å². The van der Waals surface area contributed by atoms with Crippen molar-refractivity contribution in [3.8, 4) is 11.5 Å². The van der Waals surface area contributed by atoms with Gasteiger partial charge in [-0.15, -0.1) is 4.68 Å². The second-order valence-corrected chi connectivity index (χ2v) is 7.57. The van der Waals surface area contributed by atoms with Gasteiger partial charge in [-0.1, -0.05) is 35.9 Å². The van der Waals surface area contributed by atoms with Crippen LogP contribution in [0.3, 0.4) is 0 Å². The molecule has 0 aliphatic rings. The molecule has 0 saturated heterocycles. The molecule has 1 heterocycles. The minimum absolute atomic E-state index is 0.0620. The summed E-state index contributed by atoms with van der Waals surface area (Å²) in [6.07, 6.45) is 1.31. The van der Waals surface area contributed by atoms with Crippen LogP contribution in [0.5, 0.6) is 11.5 Å². The number of aromatic amines is 1. The number of rotatable bonds is 7. The Morgan fingerprint density at radius 2 is 1.94 bits per heavy atom. The van der Waals surface area contributed by atoms with Gasteiger partial charge in [0.15, 0.2) is 11.5 Å². The average Bonchev–Trinajstić information content (AvgIpc) is 2.83. The highest BCUT2D eigenvalue weighted by atomic mass is 35.5. The van der Waals surface area contributed by atoms with E-state index in [9.17, 15) is 14.4 Å². The van der Waals surface area contributed by atoms with Gasteiger partial charge in [0.1, 0.15) is 6.61 Å². The molecule has 0 bridgehead atoms. The molecule has 4 aromatic rings. The minimum Gasteiger partial charge on any atom is -0.493 e. The van der Waals surface area contributed by atoms with Gasteiger partial charge < -0.3 is 19.6 Å². The van der Waals surface area contributed by atoms with Crippen LogP contribution in [0.2, 0.25) is 5.02 Å². The molecule has 4 rings (SSSR count). The number of halogens is 1. The molecule has 0 spiro atoms. The Morgan fingerprint density at radius 3 is 2.71 bits per heavy atom. The number of H-pyrrole nitrogens is 1. The smallest absolute Gasteiger partial charge is 0.349 e. The maximum absolute atomic E-state index is 12.6. The van der Waals surface area contributed by atoms with E-state index in [1.807, 2.05) is 0 Å². The maximum atomic E-state index is 12.6. The summed E-state index contributed by atoms with van der Waals surface area (Å²) in [5.74, 6) is -0.490. The molecule has 10 heteroatoms. The van der Waals surface area contributed by atoms with E-state index in [4.69, 9.17) is 26.2 Å².